The molecule has 4 aliphatic rings. The first-order valence-electron chi connectivity index (χ1n) is 5.46. The van der Waals surface area contributed by atoms with E-state index in [1.165, 1.54) is 0 Å². The van der Waals surface area contributed by atoms with Gasteiger partial charge in [-0.2, -0.15) is 0 Å². The first kappa shape index (κ1) is 9.99. The number of hydrogen-bond donors (Lipinski definition) is 0. The number of epoxide rings is 2. The molecule has 0 aromatic heterocycles. The van der Waals surface area contributed by atoms with Crippen LogP contribution in [-0.4, -0.2) is 58.1 Å². The molecule has 4 saturated heterocycles. The Kier molecular flexibility index (Phi) is 2.90. The van der Waals surface area contributed by atoms with E-state index in [4.69, 9.17) is 23.7 Å². The summed E-state index contributed by atoms with van der Waals surface area (Å²) in [5, 5.41) is 0. The van der Waals surface area contributed by atoms with Gasteiger partial charge in [-0.3, -0.25) is 0 Å². The molecule has 0 N–H and O–H groups in total. The van der Waals surface area contributed by atoms with Gasteiger partial charge < -0.3 is 23.7 Å². The van der Waals surface area contributed by atoms with Crippen LogP contribution in [0.5, 0.6) is 0 Å². The van der Waals surface area contributed by atoms with Gasteiger partial charge in [-0.25, -0.2) is 0 Å². The van der Waals surface area contributed by atoms with Crippen molar-refractivity contribution in [3.63, 3.8) is 0 Å². The lowest BCUT2D eigenvalue weighted by Crippen LogP contribution is -2.53. The second kappa shape index (κ2) is 4.35. The maximum absolute atomic E-state index is 5.23. The molecular formula is C10H16O5. The molecule has 0 amide bonds. The highest BCUT2D eigenvalue weighted by Crippen LogP contribution is 2.30. The predicted molar refractivity (Wildman–Crippen MR) is 49.5 cm³/mol. The lowest BCUT2D eigenvalue weighted by Gasteiger charge is -2.44. The van der Waals surface area contributed by atoms with Crippen LogP contribution in [0.4, 0.5) is 0 Å². The second-order valence-corrected chi connectivity index (χ2v) is 4.24. The fourth-order valence-electron chi connectivity index (χ4n) is 1.38. The summed E-state index contributed by atoms with van der Waals surface area (Å²) < 4.78 is 24.9. The van der Waals surface area contributed by atoms with Crippen molar-refractivity contribution in [1.29, 1.82) is 0 Å². The lowest BCUT2D eigenvalue weighted by molar-refractivity contribution is -0.348. The van der Waals surface area contributed by atoms with Crippen LogP contribution >= 0.6 is 0 Å². The Morgan fingerprint density at radius 2 is 1.27 bits per heavy atom. The molecule has 4 rings (SSSR count). The van der Waals surface area contributed by atoms with Gasteiger partial charge in [0.25, 0.3) is 0 Å². The molecule has 5 heteroatoms. The molecule has 0 aliphatic carbocycles. The molecule has 2 atom stereocenters. The minimum absolute atomic E-state index is 0.213. The molecule has 0 aromatic rings. The van der Waals surface area contributed by atoms with Crippen LogP contribution in [0.25, 0.3) is 0 Å². The number of fused-ring (bicyclic) bond motifs is 1. The molecule has 5 nitrogen and oxygen atoms in total. The summed E-state index contributed by atoms with van der Waals surface area (Å²) in [5.41, 5.74) is 0. The molecular weight excluding hydrogens is 200 g/mol. The maximum Gasteiger partial charge on any atom is 0.164 e. The van der Waals surface area contributed by atoms with Crippen molar-refractivity contribution in [2.24, 2.45) is 5.92 Å². The Balaban J connectivity index is 0.000000104. The van der Waals surface area contributed by atoms with Gasteiger partial charge >= 0.3 is 0 Å². The highest BCUT2D eigenvalue weighted by molar-refractivity contribution is 4.78. The largest absolute Gasteiger partial charge is 0.376 e. The van der Waals surface area contributed by atoms with Crippen LogP contribution < -0.4 is 0 Å². The SMILES string of the molecule is C(OCC1CO1)C1CO1.C1OC2OCC12. The van der Waals surface area contributed by atoms with Crippen molar-refractivity contribution >= 4 is 0 Å². The van der Waals surface area contributed by atoms with Crippen molar-refractivity contribution in [1.82, 2.24) is 0 Å². The summed E-state index contributed by atoms with van der Waals surface area (Å²) in [6.45, 7) is 5.13. The van der Waals surface area contributed by atoms with E-state index in [2.05, 4.69) is 0 Å². The highest BCUT2D eigenvalue weighted by atomic mass is 16.7. The summed E-state index contributed by atoms with van der Waals surface area (Å²) in [7, 11) is 0. The summed E-state index contributed by atoms with van der Waals surface area (Å²) in [5.74, 6) is 0.769. The molecule has 0 aromatic carbocycles. The molecule has 4 aliphatic heterocycles. The van der Waals surface area contributed by atoms with Crippen LogP contribution in [0.3, 0.4) is 0 Å². The van der Waals surface area contributed by atoms with Gasteiger partial charge in [0.2, 0.25) is 0 Å². The number of hydrogen-bond acceptors (Lipinski definition) is 5. The van der Waals surface area contributed by atoms with Gasteiger partial charge in [-0.15, -0.1) is 0 Å². The normalized spacial score (nSPS) is 44.0. The van der Waals surface area contributed by atoms with E-state index in [0.717, 1.165) is 45.6 Å². The molecule has 86 valence electrons. The van der Waals surface area contributed by atoms with Gasteiger partial charge in [-0.1, -0.05) is 0 Å². The number of ether oxygens (including phenoxy) is 5. The average molecular weight is 216 g/mol. The fraction of sp³-hybridized carbons (Fsp3) is 1.00. The standard InChI is InChI=1S/C6H10O3.C4H6O2/c1(5-3-8-5)7-2-6-4-9-6;1-3-2-6-4(3)5-1/h5-6H,1-4H2;3-4H,1-2H2. The van der Waals surface area contributed by atoms with Crippen LogP contribution in [0.1, 0.15) is 0 Å². The molecule has 0 bridgehead atoms. The second-order valence-electron chi connectivity index (χ2n) is 4.24. The van der Waals surface area contributed by atoms with Crippen LogP contribution in [0.2, 0.25) is 0 Å². The quantitative estimate of drug-likeness (QED) is 0.609. The van der Waals surface area contributed by atoms with E-state index in [9.17, 15) is 0 Å². The third-order valence-corrected chi connectivity index (χ3v) is 2.75. The summed E-state index contributed by atoms with van der Waals surface area (Å²) in [6.07, 6.45) is 0.998. The maximum atomic E-state index is 5.23. The van der Waals surface area contributed by atoms with Crippen molar-refractivity contribution in [3.05, 3.63) is 0 Å². The predicted octanol–water partition coefficient (Wildman–Crippen LogP) is -0.210. The molecule has 2 unspecified atom stereocenters. The smallest absolute Gasteiger partial charge is 0.164 e. The zero-order valence-corrected chi connectivity index (χ0v) is 8.59. The van der Waals surface area contributed by atoms with E-state index in [1.807, 2.05) is 0 Å². The van der Waals surface area contributed by atoms with Crippen LogP contribution in [0.15, 0.2) is 0 Å². The Labute approximate surface area is 88.6 Å². The third-order valence-electron chi connectivity index (χ3n) is 2.75. The van der Waals surface area contributed by atoms with E-state index in [0.29, 0.717) is 12.2 Å². The molecule has 0 radical (unpaired) electrons. The van der Waals surface area contributed by atoms with Gasteiger partial charge in [0, 0.05) is 0 Å². The van der Waals surface area contributed by atoms with Crippen molar-refractivity contribution in [3.8, 4) is 0 Å². The summed E-state index contributed by atoms with van der Waals surface area (Å²) >= 11 is 0. The Morgan fingerprint density at radius 1 is 0.800 bits per heavy atom. The summed E-state index contributed by atoms with van der Waals surface area (Å²) in [4.78, 5) is 0. The third kappa shape index (κ3) is 2.89. The molecule has 0 spiro atoms. The van der Waals surface area contributed by atoms with Crippen LogP contribution in [0, 0.1) is 5.92 Å². The number of rotatable bonds is 4. The Morgan fingerprint density at radius 3 is 1.47 bits per heavy atom. The van der Waals surface area contributed by atoms with Gasteiger partial charge in [0.1, 0.15) is 12.2 Å². The van der Waals surface area contributed by atoms with Gasteiger partial charge in [0.05, 0.1) is 45.6 Å². The van der Waals surface area contributed by atoms with E-state index in [1.54, 1.807) is 0 Å². The fourth-order valence-corrected chi connectivity index (χ4v) is 1.38. The van der Waals surface area contributed by atoms with E-state index in [-0.39, 0.29) is 6.29 Å². The van der Waals surface area contributed by atoms with Gasteiger partial charge in [-0.05, 0) is 0 Å². The lowest BCUT2D eigenvalue weighted by atomic mass is 10.0. The molecule has 15 heavy (non-hydrogen) atoms. The minimum Gasteiger partial charge on any atom is -0.376 e. The van der Waals surface area contributed by atoms with Crippen LogP contribution in [-0.2, 0) is 23.7 Å². The van der Waals surface area contributed by atoms with Crippen molar-refractivity contribution in [2.45, 2.75) is 18.5 Å². The zero-order chi connectivity index (χ0) is 10.1. The zero-order valence-electron chi connectivity index (χ0n) is 8.59. The first-order chi connectivity index (χ1) is 7.42. The minimum atomic E-state index is 0.213. The Bertz CT molecular complexity index is 184. The van der Waals surface area contributed by atoms with Gasteiger partial charge in [0.15, 0.2) is 6.29 Å². The topological polar surface area (TPSA) is 52.8 Å². The first-order valence-corrected chi connectivity index (χ1v) is 5.46. The average Bonchev–Trinajstić information content (AvgIpc) is 3.05. The molecule has 4 fully saturated rings. The van der Waals surface area contributed by atoms with E-state index < -0.39 is 0 Å². The summed E-state index contributed by atoms with van der Waals surface area (Å²) in [6, 6.07) is 0. The Hall–Kier alpha value is -0.200. The van der Waals surface area contributed by atoms with E-state index >= 15 is 0 Å². The molecule has 4 heterocycles. The molecule has 0 saturated carbocycles. The van der Waals surface area contributed by atoms with Crippen molar-refractivity contribution in [2.75, 3.05) is 39.6 Å². The monoisotopic (exact) mass is 216 g/mol. The van der Waals surface area contributed by atoms with Crippen molar-refractivity contribution < 1.29 is 23.7 Å². The highest BCUT2D eigenvalue weighted by Gasteiger charge is 2.41.